The van der Waals surface area contributed by atoms with Crippen LogP contribution in [-0.4, -0.2) is 20.8 Å². The normalized spacial score (nSPS) is 14.3. The smallest absolute Gasteiger partial charge is 0.213 e. The molecule has 0 spiro atoms. The number of rotatable bonds is 9. The highest BCUT2D eigenvalue weighted by Gasteiger charge is 2.32. The number of halogens is 1. The molecule has 1 aliphatic rings. The summed E-state index contributed by atoms with van der Waals surface area (Å²) < 4.78 is 13.4. The van der Waals surface area contributed by atoms with E-state index in [9.17, 15) is 14.8 Å². The molecule has 1 aliphatic heterocycles. The second-order valence-corrected chi connectivity index (χ2v) is 9.55. The summed E-state index contributed by atoms with van der Waals surface area (Å²) in [5.41, 5.74) is 6.24. The number of benzene rings is 2. The molecule has 0 unspecified atom stereocenters. The molecule has 0 fully saturated rings. The molecule has 2 heterocycles. The number of allylic oxidation sites excluding steroid dienone is 1. The Morgan fingerprint density at radius 3 is 2.53 bits per heavy atom. The van der Waals surface area contributed by atoms with Crippen molar-refractivity contribution in [3.05, 3.63) is 113 Å². The first-order valence-electron chi connectivity index (χ1n) is 13.1. The van der Waals surface area contributed by atoms with Gasteiger partial charge in [0.2, 0.25) is 5.95 Å². The molecule has 1 atom stereocenters. The summed E-state index contributed by atoms with van der Waals surface area (Å²) in [6.07, 6.45) is 3.86. The van der Waals surface area contributed by atoms with Gasteiger partial charge in [0.15, 0.2) is 5.88 Å². The Balaban J connectivity index is 1.68. The Hall–Kier alpha value is -4.24. The van der Waals surface area contributed by atoms with Crippen molar-refractivity contribution in [2.75, 3.05) is 0 Å². The number of aryl methyl sites for hydroxylation is 1. The number of unbranched alkanes of at least 4 members (excludes halogenated alkanes) is 1. The average molecular weight is 509 g/mol. The largest absolute Gasteiger partial charge is 0.494 e. The van der Waals surface area contributed by atoms with Crippen molar-refractivity contribution in [1.82, 2.24) is 9.88 Å². The Kier molecular flexibility index (Phi) is 8.38. The van der Waals surface area contributed by atoms with Crippen molar-refractivity contribution in [2.45, 2.75) is 58.9 Å². The fourth-order valence-electron chi connectivity index (χ4n) is 4.92. The molecule has 3 aromatic rings. The molecule has 194 valence electrons. The summed E-state index contributed by atoms with van der Waals surface area (Å²) in [4.78, 5) is 10.7. The fraction of sp³-hybridized carbons (Fsp3) is 0.281. The first-order chi connectivity index (χ1) is 18.4. The Labute approximate surface area is 224 Å². The van der Waals surface area contributed by atoms with Gasteiger partial charge in [-0.1, -0.05) is 63.2 Å². The van der Waals surface area contributed by atoms with E-state index >= 15 is 0 Å². The van der Waals surface area contributed by atoms with E-state index < -0.39 is 5.95 Å². The van der Waals surface area contributed by atoms with Crippen molar-refractivity contribution in [3.8, 4) is 17.2 Å². The molecule has 0 radical (unpaired) electrons. The second-order valence-electron chi connectivity index (χ2n) is 9.55. The van der Waals surface area contributed by atoms with Gasteiger partial charge in [-0.25, -0.2) is 9.98 Å². The van der Waals surface area contributed by atoms with E-state index in [0.29, 0.717) is 28.9 Å². The molecule has 2 aromatic carbocycles. The van der Waals surface area contributed by atoms with Crippen LogP contribution in [-0.2, 0) is 6.42 Å². The van der Waals surface area contributed by atoms with Gasteiger partial charge in [-0.2, -0.15) is 9.65 Å². The number of amidine groups is 1. The van der Waals surface area contributed by atoms with Gasteiger partial charge in [-0.15, -0.1) is 0 Å². The molecule has 38 heavy (non-hydrogen) atoms. The number of hydrogen-bond donors (Lipinski definition) is 1. The predicted molar refractivity (Wildman–Crippen MR) is 150 cm³/mol. The maximum Gasteiger partial charge on any atom is 0.213 e. The highest BCUT2D eigenvalue weighted by Crippen LogP contribution is 2.36. The molecule has 4 rings (SSSR count). The molecule has 0 bridgehead atoms. The van der Waals surface area contributed by atoms with Crippen LogP contribution in [0.25, 0.3) is 11.1 Å². The van der Waals surface area contributed by atoms with Crippen LogP contribution >= 0.6 is 0 Å². The monoisotopic (exact) mass is 508 g/mol. The topological polar surface area (TPSA) is 72.5 Å². The zero-order valence-corrected chi connectivity index (χ0v) is 22.2. The van der Waals surface area contributed by atoms with E-state index in [1.54, 1.807) is 19.1 Å². The minimum atomic E-state index is -0.491. The number of aliphatic imine (C=N–C) groups is 1. The van der Waals surface area contributed by atoms with Gasteiger partial charge < -0.3 is 5.11 Å². The average Bonchev–Trinajstić information content (AvgIpc) is 2.92. The summed E-state index contributed by atoms with van der Waals surface area (Å²) in [6, 6.07) is 20.7. The molecule has 1 N–H and O–H groups in total. The van der Waals surface area contributed by atoms with E-state index in [2.05, 4.69) is 31.5 Å². The van der Waals surface area contributed by atoms with Gasteiger partial charge in [0.1, 0.15) is 5.84 Å². The summed E-state index contributed by atoms with van der Waals surface area (Å²) >= 11 is 0. The van der Waals surface area contributed by atoms with Crippen LogP contribution in [0.2, 0.25) is 0 Å². The third-order valence-electron chi connectivity index (χ3n) is 6.94. The number of aliphatic hydroxyl groups is 1. The number of aromatic nitrogens is 1. The Morgan fingerprint density at radius 2 is 1.87 bits per heavy atom. The standard InChI is InChI=1S/C32H33FN4O/c1-5-7-11-31-36-22(4)28(32(38)37(31)29(6-2)26-10-8-9-24(18-26)20-34)19-23-12-14-25(15-13-23)27-16-17-30(33)35-21(27)3/h8-10,12-18,29,38H,4-7,11,19H2,1-3H3/t29-/m0/s1. The summed E-state index contributed by atoms with van der Waals surface area (Å²) in [5, 5.41) is 21.1. The second kappa shape index (κ2) is 11.9. The van der Waals surface area contributed by atoms with Gasteiger partial charge in [-0.05, 0) is 60.7 Å². The lowest BCUT2D eigenvalue weighted by Gasteiger charge is -2.37. The van der Waals surface area contributed by atoms with Crippen molar-refractivity contribution < 1.29 is 9.50 Å². The van der Waals surface area contributed by atoms with Gasteiger partial charge in [-0.3, -0.25) is 4.90 Å². The highest BCUT2D eigenvalue weighted by atomic mass is 19.1. The lowest BCUT2D eigenvalue weighted by Crippen LogP contribution is -2.37. The lowest BCUT2D eigenvalue weighted by molar-refractivity contribution is 0.213. The van der Waals surface area contributed by atoms with Crippen LogP contribution in [0, 0.1) is 24.2 Å². The van der Waals surface area contributed by atoms with Crippen LogP contribution in [0.1, 0.15) is 68.0 Å². The summed E-state index contributed by atoms with van der Waals surface area (Å²) in [5.74, 6) is 0.462. The third kappa shape index (κ3) is 5.68. The molecular formula is C32H33FN4O. The molecule has 6 heteroatoms. The fourth-order valence-corrected chi connectivity index (χ4v) is 4.92. The first-order valence-corrected chi connectivity index (χ1v) is 13.1. The Morgan fingerprint density at radius 1 is 1.11 bits per heavy atom. The van der Waals surface area contributed by atoms with Gasteiger partial charge in [0.25, 0.3) is 0 Å². The number of nitrogens with zero attached hydrogens (tertiary/aromatic N) is 4. The lowest BCUT2D eigenvalue weighted by atomic mass is 9.95. The molecule has 1 aromatic heterocycles. The van der Waals surface area contributed by atoms with Crippen LogP contribution in [0.3, 0.4) is 0 Å². The zero-order valence-electron chi connectivity index (χ0n) is 22.2. The van der Waals surface area contributed by atoms with Crippen LogP contribution in [0.15, 0.2) is 89.4 Å². The van der Waals surface area contributed by atoms with Crippen LogP contribution < -0.4 is 0 Å². The Bertz CT molecular complexity index is 1430. The third-order valence-corrected chi connectivity index (χ3v) is 6.94. The quantitative estimate of drug-likeness (QED) is 0.298. The predicted octanol–water partition coefficient (Wildman–Crippen LogP) is 7.95. The highest BCUT2D eigenvalue weighted by molar-refractivity contribution is 5.87. The number of pyridine rings is 1. The van der Waals surface area contributed by atoms with Crippen LogP contribution in [0.5, 0.6) is 0 Å². The van der Waals surface area contributed by atoms with Crippen LogP contribution in [0.4, 0.5) is 4.39 Å². The number of nitriles is 1. The van der Waals surface area contributed by atoms with Crippen molar-refractivity contribution in [1.29, 1.82) is 5.26 Å². The molecule has 0 amide bonds. The molecular weight excluding hydrogens is 475 g/mol. The van der Waals surface area contributed by atoms with Crippen molar-refractivity contribution >= 4 is 5.84 Å². The maximum absolute atomic E-state index is 13.4. The van der Waals surface area contributed by atoms with Gasteiger partial charge in [0.05, 0.1) is 23.4 Å². The van der Waals surface area contributed by atoms with Crippen molar-refractivity contribution in [2.24, 2.45) is 4.99 Å². The SMILES string of the molecule is C=C1N=C(CCCC)N([C@@H](CC)c2cccc(C#N)c2)C(O)=C1Cc1ccc(-c2ccc(F)nc2C)cc1. The first kappa shape index (κ1) is 26.8. The van der Waals surface area contributed by atoms with E-state index in [0.717, 1.165) is 53.8 Å². The molecule has 0 aliphatic carbocycles. The van der Waals surface area contributed by atoms with Crippen molar-refractivity contribution in [3.63, 3.8) is 0 Å². The van der Waals surface area contributed by atoms with E-state index in [-0.39, 0.29) is 11.9 Å². The van der Waals surface area contributed by atoms with E-state index in [1.807, 2.05) is 47.4 Å². The maximum atomic E-state index is 13.4. The number of hydrogen-bond acceptors (Lipinski definition) is 5. The number of aliphatic hydroxyl groups excluding tert-OH is 1. The minimum Gasteiger partial charge on any atom is -0.494 e. The van der Waals surface area contributed by atoms with E-state index in [4.69, 9.17) is 4.99 Å². The van der Waals surface area contributed by atoms with Gasteiger partial charge in [0, 0.05) is 29.7 Å². The summed E-state index contributed by atoms with van der Waals surface area (Å²) in [6.45, 7) is 10.2. The summed E-state index contributed by atoms with van der Waals surface area (Å²) in [7, 11) is 0. The molecule has 0 saturated carbocycles. The molecule has 0 saturated heterocycles. The molecule has 5 nitrogen and oxygen atoms in total. The zero-order chi connectivity index (χ0) is 27.2. The van der Waals surface area contributed by atoms with E-state index in [1.165, 1.54) is 6.07 Å². The minimum absolute atomic E-state index is 0.160. The van der Waals surface area contributed by atoms with Gasteiger partial charge >= 0.3 is 0 Å².